The highest BCUT2D eigenvalue weighted by atomic mass is 16.5. The number of benzene rings is 2. The number of aliphatic hydroxyl groups is 1. The van der Waals surface area contributed by atoms with Crippen molar-refractivity contribution in [1.29, 1.82) is 0 Å². The molecular weight excluding hydrogens is 298 g/mol. The van der Waals surface area contributed by atoms with Gasteiger partial charge in [-0.25, -0.2) is 0 Å². The highest BCUT2D eigenvalue weighted by Crippen LogP contribution is 2.22. The first-order chi connectivity index (χ1) is 11.7. The molecule has 1 saturated heterocycles. The third kappa shape index (κ3) is 4.59. The van der Waals surface area contributed by atoms with Crippen molar-refractivity contribution >= 4 is 0 Å². The van der Waals surface area contributed by atoms with Crippen LogP contribution in [0.4, 0.5) is 0 Å². The second-order valence-corrected chi connectivity index (χ2v) is 6.69. The molecule has 1 heterocycles. The predicted octanol–water partition coefficient (Wildman–Crippen LogP) is 3.97. The topological polar surface area (TPSA) is 32.7 Å². The Bertz CT molecular complexity index is 611. The molecule has 0 radical (unpaired) electrons. The molecule has 128 valence electrons. The Morgan fingerprint density at radius 2 is 1.75 bits per heavy atom. The van der Waals surface area contributed by atoms with Gasteiger partial charge in [0.2, 0.25) is 0 Å². The van der Waals surface area contributed by atoms with Crippen molar-refractivity contribution in [1.82, 2.24) is 4.90 Å². The molecule has 3 rings (SSSR count). The van der Waals surface area contributed by atoms with E-state index in [0.29, 0.717) is 19.2 Å². The number of β-amino-alcohol motifs (C(OH)–C–C–N with tert-alkyl or cyclic N) is 1. The molecule has 1 aliphatic heterocycles. The zero-order valence-electron chi connectivity index (χ0n) is 14.4. The molecule has 1 aliphatic rings. The fraction of sp³-hybridized carbons (Fsp3) is 0.429. The lowest BCUT2D eigenvalue weighted by Crippen LogP contribution is -2.43. The number of ether oxygens (including phenoxy) is 1. The summed E-state index contributed by atoms with van der Waals surface area (Å²) in [6.07, 6.45) is 3.32. The summed E-state index contributed by atoms with van der Waals surface area (Å²) < 4.78 is 5.76. The van der Waals surface area contributed by atoms with Crippen molar-refractivity contribution < 1.29 is 9.84 Å². The van der Waals surface area contributed by atoms with Crippen LogP contribution in [0, 0.1) is 0 Å². The lowest BCUT2D eigenvalue weighted by atomic mass is 10.0. The van der Waals surface area contributed by atoms with E-state index in [2.05, 4.69) is 36.1 Å². The molecule has 0 unspecified atom stereocenters. The fourth-order valence-electron chi connectivity index (χ4n) is 3.32. The number of rotatable bonds is 6. The van der Waals surface area contributed by atoms with Crippen LogP contribution in [0.5, 0.6) is 5.75 Å². The zero-order chi connectivity index (χ0) is 16.8. The summed E-state index contributed by atoms with van der Waals surface area (Å²) >= 11 is 0. The number of hydrogen-bond acceptors (Lipinski definition) is 3. The summed E-state index contributed by atoms with van der Waals surface area (Å²) in [5, 5.41) is 10.2. The maximum absolute atomic E-state index is 10.2. The second kappa shape index (κ2) is 8.32. The average molecular weight is 325 g/mol. The summed E-state index contributed by atoms with van der Waals surface area (Å²) in [5.41, 5.74) is 2.37. The van der Waals surface area contributed by atoms with Crippen LogP contribution in [0.3, 0.4) is 0 Å². The minimum absolute atomic E-state index is 0.341. The summed E-state index contributed by atoms with van der Waals surface area (Å²) in [7, 11) is 0. The van der Waals surface area contributed by atoms with Crippen LogP contribution in [-0.2, 0) is 0 Å². The molecule has 0 saturated carbocycles. The van der Waals surface area contributed by atoms with Crippen LogP contribution >= 0.6 is 0 Å². The van der Waals surface area contributed by atoms with Gasteiger partial charge in [-0.05, 0) is 49.6 Å². The minimum atomic E-state index is -0.445. The Hall–Kier alpha value is -1.84. The third-order valence-electron chi connectivity index (χ3n) is 4.79. The van der Waals surface area contributed by atoms with Gasteiger partial charge in [0.05, 0.1) is 0 Å². The molecule has 2 aromatic rings. The molecule has 24 heavy (non-hydrogen) atoms. The molecule has 2 aromatic carbocycles. The quantitative estimate of drug-likeness (QED) is 0.872. The summed E-state index contributed by atoms with van der Waals surface area (Å²) in [4.78, 5) is 2.37. The molecule has 0 bridgehead atoms. The number of piperidine rings is 1. The van der Waals surface area contributed by atoms with Gasteiger partial charge >= 0.3 is 0 Å². The van der Waals surface area contributed by atoms with Crippen LogP contribution in [0.15, 0.2) is 54.6 Å². The number of hydrogen-bond donors (Lipinski definition) is 1. The Kier molecular flexibility index (Phi) is 5.89. The summed E-state index contributed by atoms with van der Waals surface area (Å²) in [6, 6.07) is 18.9. The van der Waals surface area contributed by atoms with E-state index in [-0.39, 0.29) is 0 Å². The highest BCUT2D eigenvalue weighted by molar-refractivity contribution is 5.63. The predicted molar refractivity (Wildman–Crippen MR) is 98.3 cm³/mol. The monoisotopic (exact) mass is 325 g/mol. The molecule has 0 aromatic heterocycles. The first-order valence-electron chi connectivity index (χ1n) is 8.93. The molecule has 1 N–H and O–H groups in total. The third-order valence-corrected chi connectivity index (χ3v) is 4.79. The van der Waals surface area contributed by atoms with Gasteiger partial charge in [0, 0.05) is 12.6 Å². The van der Waals surface area contributed by atoms with E-state index in [1.54, 1.807) is 0 Å². The van der Waals surface area contributed by atoms with Crippen molar-refractivity contribution in [3.63, 3.8) is 0 Å². The SMILES string of the molecule is C[C@H]1CCCCN1C[C@H](O)COc1ccc(-c2ccccc2)cc1. The van der Waals surface area contributed by atoms with E-state index < -0.39 is 6.10 Å². The van der Waals surface area contributed by atoms with Gasteiger partial charge in [0.15, 0.2) is 0 Å². The second-order valence-electron chi connectivity index (χ2n) is 6.69. The van der Waals surface area contributed by atoms with Crippen LogP contribution in [0.25, 0.3) is 11.1 Å². The van der Waals surface area contributed by atoms with Crippen LogP contribution in [-0.4, -0.2) is 41.8 Å². The van der Waals surface area contributed by atoms with E-state index in [0.717, 1.165) is 12.3 Å². The average Bonchev–Trinajstić information content (AvgIpc) is 2.63. The molecule has 1 fully saturated rings. The first-order valence-corrected chi connectivity index (χ1v) is 8.93. The molecule has 3 heteroatoms. The Morgan fingerprint density at radius 1 is 1.04 bits per heavy atom. The largest absolute Gasteiger partial charge is 0.491 e. The smallest absolute Gasteiger partial charge is 0.119 e. The van der Waals surface area contributed by atoms with Crippen molar-refractivity contribution in [2.24, 2.45) is 0 Å². The van der Waals surface area contributed by atoms with Gasteiger partial charge in [0.1, 0.15) is 18.5 Å². The maximum Gasteiger partial charge on any atom is 0.119 e. The molecule has 0 amide bonds. The van der Waals surface area contributed by atoms with Crippen molar-refractivity contribution in [3.8, 4) is 16.9 Å². The number of aliphatic hydroxyl groups excluding tert-OH is 1. The van der Waals surface area contributed by atoms with Crippen molar-refractivity contribution in [2.45, 2.75) is 38.3 Å². The number of nitrogens with zero attached hydrogens (tertiary/aromatic N) is 1. The summed E-state index contributed by atoms with van der Waals surface area (Å²) in [5.74, 6) is 0.806. The van der Waals surface area contributed by atoms with Crippen LogP contribution in [0.2, 0.25) is 0 Å². The van der Waals surface area contributed by atoms with Gasteiger partial charge < -0.3 is 9.84 Å². The van der Waals surface area contributed by atoms with Gasteiger partial charge in [-0.2, -0.15) is 0 Å². The first kappa shape index (κ1) is 17.0. The summed E-state index contributed by atoms with van der Waals surface area (Å²) in [6.45, 7) is 4.37. The van der Waals surface area contributed by atoms with Crippen LogP contribution < -0.4 is 4.74 Å². The Balaban J connectivity index is 1.49. The maximum atomic E-state index is 10.2. The molecule has 3 nitrogen and oxygen atoms in total. The van der Waals surface area contributed by atoms with E-state index in [1.165, 1.54) is 30.4 Å². The molecular formula is C21H27NO2. The lowest BCUT2D eigenvalue weighted by molar-refractivity contribution is 0.0438. The van der Waals surface area contributed by atoms with Crippen LogP contribution in [0.1, 0.15) is 26.2 Å². The standard InChI is InChI=1S/C21H27NO2/c1-17-7-5-6-14-22(17)15-20(23)16-24-21-12-10-19(11-13-21)18-8-3-2-4-9-18/h2-4,8-13,17,20,23H,5-7,14-16H2,1H3/t17-,20-/m0/s1. The van der Waals surface area contributed by atoms with E-state index in [9.17, 15) is 5.11 Å². The van der Waals surface area contributed by atoms with Gasteiger partial charge in [-0.1, -0.05) is 48.9 Å². The van der Waals surface area contributed by atoms with Crippen molar-refractivity contribution in [2.75, 3.05) is 19.7 Å². The lowest BCUT2D eigenvalue weighted by Gasteiger charge is -2.34. The van der Waals surface area contributed by atoms with E-state index in [1.807, 2.05) is 30.3 Å². The van der Waals surface area contributed by atoms with Gasteiger partial charge in [-0.15, -0.1) is 0 Å². The normalized spacial score (nSPS) is 19.8. The molecule has 0 spiro atoms. The minimum Gasteiger partial charge on any atom is -0.491 e. The fourth-order valence-corrected chi connectivity index (χ4v) is 3.32. The zero-order valence-corrected chi connectivity index (χ0v) is 14.4. The molecule has 0 aliphatic carbocycles. The Labute approximate surface area is 144 Å². The highest BCUT2D eigenvalue weighted by Gasteiger charge is 2.20. The molecule has 2 atom stereocenters. The van der Waals surface area contributed by atoms with Crippen molar-refractivity contribution in [3.05, 3.63) is 54.6 Å². The Morgan fingerprint density at radius 3 is 2.46 bits per heavy atom. The van der Waals surface area contributed by atoms with Gasteiger partial charge in [0.25, 0.3) is 0 Å². The van der Waals surface area contributed by atoms with Gasteiger partial charge in [-0.3, -0.25) is 4.90 Å². The van der Waals surface area contributed by atoms with E-state index >= 15 is 0 Å². The number of likely N-dealkylation sites (tertiary alicyclic amines) is 1. The van der Waals surface area contributed by atoms with E-state index in [4.69, 9.17) is 4.74 Å².